The molecule has 10 heteroatoms. The topological polar surface area (TPSA) is 152 Å². The minimum Gasteiger partial charge on any atom is -0.462 e. The van der Waals surface area contributed by atoms with Crippen LogP contribution in [0.25, 0.3) is 0 Å². The Hall–Kier alpha value is -1.82. The van der Waals surface area contributed by atoms with Crippen LogP contribution in [0.1, 0.15) is 194 Å². The van der Waals surface area contributed by atoms with Crippen molar-refractivity contribution in [1.29, 1.82) is 0 Å². The van der Waals surface area contributed by atoms with Crippen LogP contribution in [0, 0.1) is 0 Å². The van der Waals surface area contributed by atoms with E-state index in [0.717, 1.165) is 64.2 Å². The first-order valence-electron chi connectivity index (χ1n) is 22.4. The summed E-state index contributed by atoms with van der Waals surface area (Å²) < 4.78 is 22.1. The maximum Gasteiger partial charge on any atom is 0.306 e. The van der Waals surface area contributed by atoms with Gasteiger partial charge in [0.1, 0.15) is 31.0 Å². The second kappa shape index (κ2) is 36.5. The Morgan fingerprint density at radius 2 is 0.964 bits per heavy atom. The Labute approximate surface area is 334 Å². The molecular formula is C45H82O10. The summed E-state index contributed by atoms with van der Waals surface area (Å²) in [4.78, 5) is 25.3. The third-order valence-electron chi connectivity index (χ3n) is 10.3. The highest BCUT2D eigenvalue weighted by molar-refractivity contribution is 5.70. The van der Waals surface area contributed by atoms with Crippen LogP contribution in [0.4, 0.5) is 0 Å². The van der Waals surface area contributed by atoms with Gasteiger partial charge in [-0.2, -0.15) is 0 Å². The van der Waals surface area contributed by atoms with Crippen LogP contribution >= 0.6 is 0 Å². The van der Waals surface area contributed by atoms with Gasteiger partial charge in [0.05, 0.1) is 13.2 Å². The molecule has 6 atom stereocenters. The van der Waals surface area contributed by atoms with Crippen molar-refractivity contribution in [2.75, 3.05) is 19.8 Å². The van der Waals surface area contributed by atoms with E-state index in [1.54, 1.807) is 0 Å². The number of carbonyl (C=O) groups excluding carboxylic acids is 2. The highest BCUT2D eigenvalue weighted by atomic mass is 16.7. The summed E-state index contributed by atoms with van der Waals surface area (Å²) in [6.45, 7) is 3.40. The summed E-state index contributed by atoms with van der Waals surface area (Å²) in [5.74, 6) is -0.822. The van der Waals surface area contributed by atoms with Gasteiger partial charge in [0.15, 0.2) is 12.4 Å². The van der Waals surface area contributed by atoms with Crippen LogP contribution in [-0.2, 0) is 28.5 Å². The number of unbranched alkanes of at least 4 members (excludes halogenated alkanes) is 22. The zero-order valence-electron chi connectivity index (χ0n) is 34.9. The molecule has 2 unspecified atom stereocenters. The molecule has 0 aromatic heterocycles. The predicted octanol–water partition coefficient (Wildman–Crippen LogP) is 9.33. The number of hydrogen-bond acceptors (Lipinski definition) is 10. The van der Waals surface area contributed by atoms with Gasteiger partial charge in [0.2, 0.25) is 0 Å². The van der Waals surface area contributed by atoms with E-state index in [2.05, 4.69) is 38.2 Å². The largest absolute Gasteiger partial charge is 0.462 e. The molecule has 1 saturated heterocycles. The van der Waals surface area contributed by atoms with Crippen LogP contribution < -0.4 is 0 Å². The number of aliphatic hydroxyl groups excluding tert-OH is 4. The van der Waals surface area contributed by atoms with Gasteiger partial charge in [-0.25, -0.2) is 0 Å². The first-order valence-corrected chi connectivity index (χ1v) is 22.4. The molecule has 0 aliphatic carbocycles. The Morgan fingerprint density at radius 3 is 1.42 bits per heavy atom. The number of rotatable bonds is 37. The third-order valence-corrected chi connectivity index (χ3v) is 10.3. The molecule has 1 aliphatic heterocycles. The van der Waals surface area contributed by atoms with Gasteiger partial charge >= 0.3 is 11.9 Å². The van der Waals surface area contributed by atoms with Gasteiger partial charge in [0, 0.05) is 12.8 Å². The van der Waals surface area contributed by atoms with Crippen molar-refractivity contribution in [2.45, 2.75) is 230 Å². The molecule has 0 aromatic rings. The van der Waals surface area contributed by atoms with Crippen LogP contribution in [-0.4, -0.2) is 89.0 Å². The number of aliphatic hydroxyl groups is 4. The highest BCUT2D eigenvalue weighted by Gasteiger charge is 2.44. The molecular weight excluding hydrogens is 700 g/mol. The first kappa shape index (κ1) is 51.2. The summed E-state index contributed by atoms with van der Waals surface area (Å²) in [5, 5.41) is 40.0. The van der Waals surface area contributed by atoms with Gasteiger partial charge in [-0.1, -0.05) is 141 Å². The number of esters is 2. The predicted molar refractivity (Wildman–Crippen MR) is 219 cm³/mol. The fraction of sp³-hybridized carbons (Fsp3) is 0.867. The average Bonchev–Trinajstić information content (AvgIpc) is 3.18. The maximum atomic E-state index is 12.8. The molecule has 0 saturated carbocycles. The van der Waals surface area contributed by atoms with Crippen LogP contribution in [0.3, 0.4) is 0 Å². The molecule has 0 aromatic carbocycles. The summed E-state index contributed by atoms with van der Waals surface area (Å²) in [6.07, 6.45) is 31.8. The number of hydrogen-bond donors (Lipinski definition) is 4. The highest BCUT2D eigenvalue weighted by Crippen LogP contribution is 2.22. The fourth-order valence-corrected chi connectivity index (χ4v) is 6.71. The second-order valence-corrected chi connectivity index (χ2v) is 15.5. The molecule has 1 heterocycles. The van der Waals surface area contributed by atoms with Gasteiger partial charge in [-0.3, -0.25) is 9.59 Å². The number of allylic oxidation sites excluding steroid dienone is 4. The lowest BCUT2D eigenvalue weighted by molar-refractivity contribution is -0.305. The Morgan fingerprint density at radius 1 is 0.545 bits per heavy atom. The zero-order chi connectivity index (χ0) is 40.2. The van der Waals surface area contributed by atoms with Crippen molar-refractivity contribution in [2.24, 2.45) is 0 Å². The molecule has 4 N–H and O–H groups in total. The van der Waals surface area contributed by atoms with E-state index in [-0.39, 0.29) is 32.0 Å². The van der Waals surface area contributed by atoms with E-state index in [1.807, 2.05) is 0 Å². The zero-order valence-corrected chi connectivity index (χ0v) is 34.9. The molecule has 1 fully saturated rings. The van der Waals surface area contributed by atoms with Crippen molar-refractivity contribution in [3.8, 4) is 0 Å². The molecule has 0 bridgehead atoms. The Bertz CT molecular complexity index is 954. The maximum absolute atomic E-state index is 12.8. The van der Waals surface area contributed by atoms with Gasteiger partial charge in [-0.15, -0.1) is 0 Å². The summed E-state index contributed by atoms with van der Waals surface area (Å²) in [7, 11) is 0. The van der Waals surface area contributed by atoms with Crippen molar-refractivity contribution in [3.63, 3.8) is 0 Å². The molecule has 1 rings (SSSR count). The summed E-state index contributed by atoms with van der Waals surface area (Å²) in [5.41, 5.74) is 0. The molecule has 0 radical (unpaired) electrons. The summed E-state index contributed by atoms with van der Waals surface area (Å²) in [6, 6.07) is 0. The van der Waals surface area contributed by atoms with E-state index in [1.165, 1.54) is 89.9 Å². The van der Waals surface area contributed by atoms with Gasteiger partial charge in [0.25, 0.3) is 0 Å². The first-order chi connectivity index (χ1) is 26.8. The smallest absolute Gasteiger partial charge is 0.306 e. The van der Waals surface area contributed by atoms with E-state index in [4.69, 9.17) is 18.9 Å². The minimum atomic E-state index is -1.60. The van der Waals surface area contributed by atoms with Crippen molar-refractivity contribution in [1.82, 2.24) is 0 Å². The lowest BCUT2D eigenvalue weighted by Crippen LogP contribution is -2.59. The van der Waals surface area contributed by atoms with E-state index >= 15 is 0 Å². The van der Waals surface area contributed by atoms with Gasteiger partial charge in [-0.05, 0) is 64.2 Å². The van der Waals surface area contributed by atoms with Crippen LogP contribution in [0.15, 0.2) is 24.3 Å². The van der Waals surface area contributed by atoms with Crippen molar-refractivity contribution < 1.29 is 49.0 Å². The van der Waals surface area contributed by atoms with Gasteiger partial charge < -0.3 is 39.4 Å². The normalized spacial score (nSPS) is 20.7. The van der Waals surface area contributed by atoms with Crippen LogP contribution in [0.2, 0.25) is 0 Å². The quantitative estimate of drug-likeness (QED) is 0.0273. The number of carbonyl (C=O) groups is 2. The standard InChI is InChI=1S/C45H82O10/c1-3-5-7-9-11-13-15-17-19-21-23-25-27-29-31-33-40(47)52-36-38(37-53-45-44(51)43(50)42(49)39(35-46)55-45)54-41(48)34-32-30-28-26-24-22-20-18-16-14-12-10-8-6-4-2/h17-20,38-39,42-46,49-51H,3-16,21-37H2,1-2H3/b19-17-,20-18-/t38?,39-,42-,43+,44-,45?/m1/s1. The monoisotopic (exact) mass is 783 g/mol. The number of ether oxygens (including phenoxy) is 4. The molecule has 0 amide bonds. The SMILES string of the molecule is CCCCCCCC/C=C\CCCCCCCC(=O)OCC(COC1O[C@H](CO)[C@@H](O)[C@H](O)[C@H]1O)OC(=O)CCCCCCC/C=C\CCCCCCCC. The van der Waals surface area contributed by atoms with E-state index in [9.17, 15) is 30.0 Å². The Kier molecular flexibility index (Phi) is 34.0. The third kappa shape index (κ3) is 28.3. The second-order valence-electron chi connectivity index (χ2n) is 15.5. The van der Waals surface area contributed by atoms with E-state index in [0.29, 0.717) is 12.8 Å². The van der Waals surface area contributed by atoms with Crippen LogP contribution in [0.5, 0.6) is 0 Å². The van der Waals surface area contributed by atoms with E-state index < -0.39 is 49.4 Å². The lowest BCUT2D eigenvalue weighted by Gasteiger charge is -2.39. The average molecular weight is 783 g/mol. The molecule has 322 valence electrons. The fourth-order valence-electron chi connectivity index (χ4n) is 6.71. The molecule has 10 nitrogen and oxygen atoms in total. The minimum absolute atomic E-state index is 0.220. The molecule has 0 spiro atoms. The van der Waals surface area contributed by atoms with Crippen molar-refractivity contribution in [3.05, 3.63) is 24.3 Å². The lowest BCUT2D eigenvalue weighted by atomic mass is 9.99. The van der Waals surface area contributed by atoms with Crippen molar-refractivity contribution >= 4 is 11.9 Å². The Balaban J connectivity index is 2.34. The summed E-state index contributed by atoms with van der Waals surface area (Å²) >= 11 is 0. The molecule has 55 heavy (non-hydrogen) atoms. The molecule has 1 aliphatic rings.